The van der Waals surface area contributed by atoms with Crippen LogP contribution in [0.3, 0.4) is 0 Å². The second-order valence-electron chi connectivity index (χ2n) is 6.81. The van der Waals surface area contributed by atoms with Gasteiger partial charge in [-0.15, -0.1) is 0 Å². The molecule has 0 saturated carbocycles. The van der Waals surface area contributed by atoms with Gasteiger partial charge in [-0.25, -0.2) is 4.79 Å². The summed E-state index contributed by atoms with van der Waals surface area (Å²) < 4.78 is 44.0. The zero-order chi connectivity index (χ0) is 19.2. The van der Waals surface area contributed by atoms with Gasteiger partial charge < -0.3 is 9.84 Å². The number of carbonyl (C=O) groups is 1. The number of aromatic hydroxyl groups is 1. The molecule has 2 bridgehead atoms. The van der Waals surface area contributed by atoms with Crippen LogP contribution in [0.1, 0.15) is 29.8 Å². The number of esters is 1. The molecule has 0 fully saturated rings. The zero-order valence-electron chi connectivity index (χ0n) is 14.6. The van der Waals surface area contributed by atoms with Crippen LogP contribution in [0, 0.1) is 5.92 Å². The van der Waals surface area contributed by atoms with Crippen LogP contribution in [0.15, 0.2) is 42.0 Å². The van der Waals surface area contributed by atoms with Crippen molar-refractivity contribution in [2.24, 2.45) is 5.92 Å². The van der Waals surface area contributed by atoms with Gasteiger partial charge in [0.2, 0.25) is 0 Å². The molecule has 2 aliphatic rings. The van der Waals surface area contributed by atoms with Crippen molar-refractivity contribution in [2.75, 3.05) is 7.05 Å². The van der Waals surface area contributed by atoms with Crippen molar-refractivity contribution in [3.63, 3.8) is 0 Å². The fourth-order valence-electron chi connectivity index (χ4n) is 3.72. The average Bonchev–Trinajstić information content (AvgIpc) is 2.78. The van der Waals surface area contributed by atoms with Gasteiger partial charge in [0, 0.05) is 18.0 Å². The predicted molar refractivity (Wildman–Crippen MR) is 89.7 cm³/mol. The Kier molecular flexibility index (Phi) is 4.60. The molecule has 140 valence electrons. The summed E-state index contributed by atoms with van der Waals surface area (Å²) in [6, 6.07) is 2.47. The highest BCUT2D eigenvalue weighted by molar-refractivity contribution is 5.92. The minimum Gasteiger partial charge on any atom is -0.507 e. The lowest BCUT2D eigenvalue weighted by Crippen LogP contribution is -2.46. The van der Waals surface area contributed by atoms with Gasteiger partial charge >= 0.3 is 12.1 Å². The topological polar surface area (TPSA) is 49.8 Å². The molecule has 0 aromatic heterocycles. The Morgan fingerprint density at radius 3 is 2.65 bits per heavy atom. The van der Waals surface area contributed by atoms with Gasteiger partial charge in [0.1, 0.15) is 17.4 Å². The highest BCUT2D eigenvalue weighted by atomic mass is 19.4. The summed E-state index contributed by atoms with van der Waals surface area (Å²) in [6.07, 6.45) is 1.03. The first-order valence-electron chi connectivity index (χ1n) is 8.29. The Hall–Kier alpha value is -2.28. The Bertz CT molecular complexity index is 785. The maximum absolute atomic E-state index is 12.9. The summed E-state index contributed by atoms with van der Waals surface area (Å²) >= 11 is 0. The number of halogens is 3. The van der Waals surface area contributed by atoms with Gasteiger partial charge in [0.25, 0.3) is 0 Å². The fourth-order valence-corrected chi connectivity index (χ4v) is 3.72. The second-order valence-corrected chi connectivity index (χ2v) is 6.81. The van der Waals surface area contributed by atoms with Crippen LogP contribution in [-0.2, 0) is 10.9 Å². The van der Waals surface area contributed by atoms with Crippen molar-refractivity contribution in [3.05, 3.63) is 53.1 Å². The first-order chi connectivity index (χ1) is 12.1. The maximum Gasteiger partial charge on any atom is 0.416 e. The molecule has 0 spiro atoms. The van der Waals surface area contributed by atoms with E-state index in [1.54, 1.807) is 6.92 Å². The number of hydrogen-bond donors (Lipinski definition) is 1. The number of phenols is 1. The zero-order valence-corrected chi connectivity index (χ0v) is 14.6. The molecule has 1 aromatic carbocycles. The first kappa shape index (κ1) is 18.5. The molecular weight excluding hydrogens is 347 g/mol. The molecule has 4 atom stereocenters. The molecule has 0 saturated heterocycles. The van der Waals surface area contributed by atoms with Crippen LogP contribution in [-0.4, -0.2) is 41.2 Å². The molecule has 2 aliphatic heterocycles. The number of hydrogen-bond acceptors (Lipinski definition) is 4. The Balaban J connectivity index is 1.81. The van der Waals surface area contributed by atoms with Gasteiger partial charge in [-0.3, -0.25) is 4.90 Å². The largest absolute Gasteiger partial charge is 0.507 e. The summed E-state index contributed by atoms with van der Waals surface area (Å²) in [7, 11) is 1.97. The van der Waals surface area contributed by atoms with Crippen LogP contribution in [0.5, 0.6) is 5.75 Å². The molecule has 26 heavy (non-hydrogen) atoms. The van der Waals surface area contributed by atoms with E-state index < -0.39 is 35.1 Å². The van der Waals surface area contributed by atoms with Crippen molar-refractivity contribution < 1.29 is 27.8 Å². The van der Waals surface area contributed by atoms with E-state index >= 15 is 0 Å². The monoisotopic (exact) mass is 367 g/mol. The number of ether oxygens (including phenoxy) is 1. The molecule has 3 unspecified atom stereocenters. The van der Waals surface area contributed by atoms with Crippen LogP contribution in [0.4, 0.5) is 13.2 Å². The minimum absolute atomic E-state index is 0.0582. The summed E-state index contributed by atoms with van der Waals surface area (Å²) in [4.78, 5) is 14.5. The second kappa shape index (κ2) is 6.46. The number of benzene rings is 1. The van der Waals surface area contributed by atoms with Crippen molar-refractivity contribution in [3.8, 4) is 5.75 Å². The molecule has 1 aromatic rings. The molecule has 7 heteroatoms. The number of phenolic OH excluding ortho intramolecular Hbond substituents is 1. The minimum atomic E-state index is -4.61. The third kappa shape index (κ3) is 3.23. The number of alkyl halides is 3. The lowest BCUT2D eigenvalue weighted by atomic mass is 9.85. The highest BCUT2D eigenvalue weighted by Crippen LogP contribution is 2.37. The lowest BCUT2D eigenvalue weighted by Gasteiger charge is -2.39. The molecule has 2 heterocycles. The highest BCUT2D eigenvalue weighted by Gasteiger charge is 2.40. The molecule has 3 rings (SSSR count). The standard InChI is InChI=1S/C19H20F3NO3/c1-10-8-13-5-6-15(23(13)3)17(10)11(2)26-18(25)14-9-12(19(20,21)22)4-7-16(14)24/h4-9,11,13,15,17,24H,1-3H3/t11?,13?,15-,17?/m1/s1. The molecular formula is C19H20F3NO3. The summed E-state index contributed by atoms with van der Waals surface area (Å²) in [6.45, 7) is 3.67. The van der Waals surface area contributed by atoms with Gasteiger partial charge in [-0.1, -0.05) is 23.8 Å². The van der Waals surface area contributed by atoms with E-state index in [0.29, 0.717) is 6.07 Å². The van der Waals surface area contributed by atoms with Gasteiger partial charge in [0.15, 0.2) is 0 Å². The van der Waals surface area contributed by atoms with Crippen LogP contribution >= 0.6 is 0 Å². The fraction of sp³-hybridized carbons (Fsp3) is 0.421. The Morgan fingerprint density at radius 2 is 2.00 bits per heavy atom. The van der Waals surface area contributed by atoms with Crippen LogP contribution in [0.2, 0.25) is 0 Å². The molecule has 0 aliphatic carbocycles. The molecule has 0 amide bonds. The van der Waals surface area contributed by atoms with Crippen molar-refractivity contribution in [2.45, 2.75) is 38.2 Å². The summed E-state index contributed by atoms with van der Waals surface area (Å²) in [5, 5.41) is 9.79. The number of fused-ring (bicyclic) bond motifs is 2. The predicted octanol–water partition coefficient (Wildman–Crippen LogP) is 3.77. The maximum atomic E-state index is 12.9. The summed E-state index contributed by atoms with van der Waals surface area (Å²) in [5.41, 5.74) is -0.432. The van der Waals surface area contributed by atoms with Crippen LogP contribution in [0.25, 0.3) is 0 Å². The van der Waals surface area contributed by atoms with E-state index in [1.807, 2.05) is 14.0 Å². The van der Waals surface area contributed by atoms with Gasteiger partial charge in [-0.2, -0.15) is 13.2 Å². The Labute approximate surface area is 149 Å². The SMILES string of the molecule is CC1=CC2C=C[C@H](C1C(C)OC(=O)c1cc(C(F)(F)F)ccc1O)N2C. The number of likely N-dealkylation sites (N-methyl/N-ethyl adjacent to an activating group) is 1. The number of carbonyl (C=O) groups excluding carboxylic acids is 1. The van der Waals surface area contributed by atoms with Gasteiger partial charge in [0.05, 0.1) is 5.56 Å². The van der Waals surface area contributed by atoms with E-state index in [1.165, 1.54) is 0 Å². The van der Waals surface area contributed by atoms with E-state index in [4.69, 9.17) is 4.74 Å². The smallest absolute Gasteiger partial charge is 0.416 e. The third-order valence-corrected chi connectivity index (χ3v) is 5.12. The van der Waals surface area contributed by atoms with E-state index in [9.17, 15) is 23.1 Å². The molecule has 0 radical (unpaired) electrons. The van der Waals surface area contributed by atoms with Crippen LogP contribution < -0.4 is 0 Å². The average molecular weight is 367 g/mol. The van der Waals surface area contributed by atoms with Gasteiger partial charge in [-0.05, 0) is 39.1 Å². The van der Waals surface area contributed by atoms with Crippen molar-refractivity contribution >= 4 is 5.97 Å². The van der Waals surface area contributed by atoms with E-state index in [2.05, 4.69) is 23.1 Å². The summed E-state index contributed by atoms with van der Waals surface area (Å²) in [5.74, 6) is -1.61. The van der Waals surface area contributed by atoms with E-state index in [-0.39, 0.29) is 18.0 Å². The lowest BCUT2D eigenvalue weighted by molar-refractivity contribution is -0.137. The number of nitrogens with zero attached hydrogens (tertiary/aromatic N) is 1. The normalized spacial score (nSPS) is 26.5. The Morgan fingerprint density at radius 1 is 1.31 bits per heavy atom. The van der Waals surface area contributed by atoms with Crippen molar-refractivity contribution in [1.82, 2.24) is 4.90 Å². The van der Waals surface area contributed by atoms with E-state index in [0.717, 1.165) is 17.7 Å². The molecule has 4 nitrogen and oxygen atoms in total. The quantitative estimate of drug-likeness (QED) is 0.653. The molecule has 1 N–H and O–H groups in total. The van der Waals surface area contributed by atoms with Crippen molar-refractivity contribution in [1.29, 1.82) is 0 Å². The third-order valence-electron chi connectivity index (χ3n) is 5.12. The number of rotatable bonds is 3. The first-order valence-corrected chi connectivity index (χ1v) is 8.29.